The molecule has 0 aliphatic heterocycles. The molecule has 0 aromatic rings. The quantitative estimate of drug-likeness (QED) is 0.580. The van der Waals surface area contributed by atoms with E-state index in [2.05, 4.69) is 0 Å². The molecule has 0 aliphatic carbocycles. The summed E-state index contributed by atoms with van der Waals surface area (Å²) in [6.07, 6.45) is 0.601. The molecular weight excluding hydrogens is 172 g/mol. The predicted molar refractivity (Wildman–Crippen MR) is 42.3 cm³/mol. The van der Waals surface area contributed by atoms with Gasteiger partial charge < -0.3 is 9.90 Å². The smallest absolute Gasteiger partial charge is 0.0544 e. The minimum absolute atomic E-state index is 0.390. The van der Waals surface area contributed by atoms with Gasteiger partial charge in [0, 0.05) is 16.9 Å². The Balaban J connectivity index is 3.50. The molecule has 0 rings (SSSR count). The standard InChI is InChI=1S/C6H11ClO2S/c1-2-5(6(8)9)10-4-3-7/h5H,2-4H2,1H3,(H,8,9)/p-1. The van der Waals surface area contributed by atoms with Crippen LogP contribution < -0.4 is 5.11 Å². The van der Waals surface area contributed by atoms with Crippen molar-refractivity contribution in [2.24, 2.45) is 0 Å². The van der Waals surface area contributed by atoms with E-state index in [1.165, 1.54) is 11.8 Å². The molecule has 0 heterocycles. The first-order valence-corrected chi connectivity index (χ1v) is 4.69. The third-order valence-electron chi connectivity index (χ3n) is 1.03. The highest BCUT2D eigenvalue weighted by Crippen LogP contribution is 2.13. The molecule has 0 saturated carbocycles. The lowest BCUT2D eigenvalue weighted by Crippen LogP contribution is -2.33. The van der Waals surface area contributed by atoms with Crippen LogP contribution in [0.3, 0.4) is 0 Å². The first-order valence-electron chi connectivity index (χ1n) is 3.10. The van der Waals surface area contributed by atoms with Crippen molar-refractivity contribution in [3.8, 4) is 0 Å². The van der Waals surface area contributed by atoms with Crippen LogP contribution in [0.1, 0.15) is 13.3 Å². The number of hydrogen-bond acceptors (Lipinski definition) is 3. The molecule has 1 unspecified atom stereocenters. The number of carbonyl (C=O) groups is 1. The van der Waals surface area contributed by atoms with Gasteiger partial charge in [-0.1, -0.05) is 6.92 Å². The molecule has 60 valence electrons. The lowest BCUT2D eigenvalue weighted by molar-refractivity contribution is -0.304. The second-order valence-electron chi connectivity index (χ2n) is 1.78. The summed E-state index contributed by atoms with van der Waals surface area (Å²) in [6, 6.07) is 0. The molecule has 0 spiro atoms. The highest BCUT2D eigenvalue weighted by Gasteiger charge is 2.05. The predicted octanol–water partition coefficient (Wildman–Crippen LogP) is 0.487. The van der Waals surface area contributed by atoms with E-state index in [0.717, 1.165) is 0 Å². The Bertz CT molecular complexity index is 108. The molecule has 0 aromatic heterocycles. The van der Waals surface area contributed by atoms with Gasteiger partial charge in [-0.05, 0) is 6.42 Å². The van der Waals surface area contributed by atoms with Crippen LogP contribution in [0.4, 0.5) is 0 Å². The van der Waals surface area contributed by atoms with Gasteiger partial charge in [-0.3, -0.25) is 0 Å². The van der Waals surface area contributed by atoms with Gasteiger partial charge in [-0.15, -0.1) is 11.6 Å². The summed E-state index contributed by atoms with van der Waals surface area (Å²) in [5, 5.41) is 9.87. The van der Waals surface area contributed by atoms with Crippen LogP contribution >= 0.6 is 23.4 Å². The molecule has 0 aliphatic rings. The molecule has 0 saturated heterocycles. The van der Waals surface area contributed by atoms with Crippen molar-refractivity contribution < 1.29 is 9.90 Å². The van der Waals surface area contributed by atoms with Crippen molar-refractivity contribution in [2.45, 2.75) is 18.6 Å². The number of carboxylic acids is 1. The van der Waals surface area contributed by atoms with E-state index in [0.29, 0.717) is 18.1 Å². The van der Waals surface area contributed by atoms with E-state index in [9.17, 15) is 9.90 Å². The number of carboxylic acid groups (broad SMARTS) is 1. The molecule has 0 fully saturated rings. The van der Waals surface area contributed by atoms with Crippen LogP contribution in [0.5, 0.6) is 0 Å². The first-order chi connectivity index (χ1) is 4.72. The van der Waals surface area contributed by atoms with Crippen LogP contribution in [0.15, 0.2) is 0 Å². The Morgan fingerprint density at radius 2 is 2.40 bits per heavy atom. The van der Waals surface area contributed by atoms with E-state index in [1.807, 2.05) is 6.92 Å². The van der Waals surface area contributed by atoms with Gasteiger partial charge in [0.15, 0.2) is 0 Å². The zero-order valence-corrected chi connectivity index (χ0v) is 7.37. The normalized spacial score (nSPS) is 13.0. The Morgan fingerprint density at radius 3 is 2.70 bits per heavy atom. The number of halogens is 1. The second-order valence-corrected chi connectivity index (χ2v) is 3.46. The number of hydrogen-bond donors (Lipinski definition) is 0. The lowest BCUT2D eigenvalue weighted by Gasteiger charge is -2.13. The minimum atomic E-state index is -0.988. The van der Waals surface area contributed by atoms with Crippen molar-refractivity contribution in [3.05, 3.63) is 0 Å². The van der Waals surface area contributed by atoms with Crippen LogP contribution in [-0.4, -0.2) is 22.9 Å². The maximum Gasteiger partial charge on any atom is 0.0544 e. The molecule has 0 aromatic carbocycles. The fourth-order valence-electron chi connectivity index (χ4n) is 0.539. The molecule has 10 heavy (non-hydrogen) atoms. The minimum Gasteiger partial charge on any atom is -0.549 e. The zero-order chi connectivity index (χ0) is 7.98. The molecule has 0 N–H and O–H groups in total. The molecular formula is C6H10ClO2S-. The largest absolute Gasteiger partial charge is 0.549 e. The van der Waals surface area contributed by atoms with Crippen molar-refractivity contribution in [3.63, 3.8) is 0 Å². The van der Waals surface area contributed by atoms with Crippen LogP contribution in [0, 0.1) is 0 Å². The zero-order valence-electron chi connectivity index (χ0n) is 5.80. The van der Waals surface area contributed by atoms with E-state index in [1.54, 1.807) is 0 Å². The molecule has 2 nitrogen and oxygen atoms in total. The Hall–Kier alpha value is 0.110. The van der Waals surface area contributed by atoms with Gasteiger partial charge in [0.1, 0.15) is 0 Å². The number of carbonyl (C=O) groups excluding carboxylic acids is 1. The SMILES string of the molecule is CCC(SCCCl)C(=O)[O-]. The van der Waals surface area contributed by atoms with Gasteiger partial charge in [0.05, 0.1) is 5.97 Å². The van der Waals surface area contributed by atoms with Crippen LogP contribution in [0.2, 0.25) is 0 Å². The molecule has 0 amide bonds. The molecule has 0 bridgehead atoms. The average molecular weight is 182 g/mol. The Kier molecular flexibility index (Phi) is 5.93. The third kappa shape index (κ3) is 4.01. The number of rotatable bonds is 5. The first kappa shape index (κ1) is 10.1. The summed E-state index contributed by atoms with van der Waals surface area (Å²) in [4.78, 5) is 10.3. The number of alkyl halides is 1. The third-order valence-corrected chi connectivity index (χ3v) is 2.81. The lowest BCUT2D eigenvalue weighted by atomic mass is 10.3. The van der Waals surface area contributed by atoms with E-state index in [4.69, 9.17) is 11.6 Å². The van der Waals surface area contributed by atoms with Crippen molar-refractivity contribution in [1.29, 1.82) is 0 Å². The summed E-state index contributed by atoms with van der Waals surface area (Å²) < 4.78 is 0. The van der Waals surface area contributed by atoms with Gasteiger partial charge in [0.2, 0.25) is 0 Å². The summed E-state index contributed by atoms with van der Waals surface area (Å²) in [7, 11) is 0. The highest BCUT2D eigenvalue weighted by atomic mass is 35.5. The Morgan fingerprint density at radius 1 is 1.80 bits per heavy atom. The summed E-state index contributed by atoms with van der Waals surface area (Å²) in [6.45, 7) is 1.82. The van der Waals surface area contributed by atoms with E-state index in [-0.39, 0.29) is 0 Å². The van der Waals surface area contributed by atoms with Crippen molar-refractivity contribution in [2.75, 3.05) is 11.6 Å². The van der Waals surface area contributed by atoms with Gasteiger partial charge in [-0.25, -0.2) is 0 Å². The average Bonchev–Trinajstić information content (AvgIpc) is 1.89. The summed E-state index contributed by atoms with van der Waals surface area (Å²) >= 11 is 6.71. The highest BCUT2D eigenvalue weighted by molar-refractivity contribution is 8.00. The maximum atomic E-state index is 10.3. The summed E-state index contributed by atoms with van der Waals surface area (Å²) in [5.74, 6) is 0.181. The van der Waals surface area contributed by atoms with Gasteiger partial charge >= 0.3 is 0 Å². The Labute approximate surface area is 69.9 Å². The van der Waals surface area contributed by atoms with Crippen molar-refractivity contribution >= 4 is 29.3 Å². The van der Waals surface area contributed by atoms with Gasteiger partial charge in [0.25, 0.3) is 0 Å². The number of thioether (sulfide) groups is 1. The van der Waals surface area contributed by atoms with Crippen molar-refractivity contribution in [1.82, 2.24) is 0 Å². The fourth-order valence-corrected chi connectivity index (χ4v) is 1.55. The van der Waals surface area contributed by atoms with E-state index < -0.39 is 11.2 Å². The summed E-state index contributed by atoms with van der Waals surface area (Å²) in [5.41, 5.74) is 0. The molecule has 1 atom stereocenters. The van der Waals surface area contributed by atoms with Gasteiger partial charge in [-0.2, -0.15) is 11.8 Å². The van der Waals surface area contributed by atoms with Crippen LogP contribution in [-0.2, 0) is 4.79 Å². The maximum absolute atomic E-state index is 10.3. The monoisotopic (exact) mass is 181 g/mol. The fraction of sp³-hybridized carbons (Fsp3) is 0.833. The topological polar surface area (TPSA) is 40.1 Å². The second kappa shape index (κ2) is 5.86. The molecule has 0 radical (unpaired) electrons. The van der Waals surface area contributed by atoms with Crippen LogP contribution in [0.25, 0.3) is 0 Å². The van der Waals surface area contributed by atoms with E-state index >= 15 is 0 Å². The number of aliphatic carboxylic acids is 1. The molecule has 4 heteroatoms.